The summed E-state index contributed by atoms with van der Waals surface area (Å²) in [5, 5.41) is 19.1. The Morgan fingerprint density at radius 3 is 1.88 bits per heavy atom. The van der Waals surface area contributed by atoms with Crippen molar-refractivity contribution in [2.75, 3.05) is 0 Å². The van der Waals surface area contributed by atoms with Crippen LogP contribution in [-0.2, 0) is 16.2 Å². The molecule has 1 unspecified atom stereocenters. The van der Waals surface area contributed by atoms with Crippen molar-refractivity contribution in [2.45, 2.75) is 57.3 Å². The van der Waals surface area contributed by atoms with Crippen molar-refractivity contribution in [3.63, 3.8) is 0 Å². The second kappa shape index (κ2) is 9.67. The number of fused-ring (bicyclic) bond motifs is 1. The number of ether oxygens (including phenoxy) is 1. The average molecular weight is 535 g/mol. The van der Waals surface area contributed by atoms with E-state index >= 15 is 0 Å². The summed E-state index contributed by atoms with van der Waals surface area (Å²) in [6.07, 6.45) is 0.828. The quantitative estimate of drug-likeness (QED) is 0.196. The maximum Gasteiger partial charge on any atom is 0.343 e. The van der Waals surface area contributed by atoms with Gasteiger partial charge < -0.3 is 14.9 Å². The molecule has 5 rings (SSSR count). The minimum absolute atomic E-state index is 0.184. The van der Waals surface area contributed by atoms with E-state index in [1.807, 2.05) is 42.5 Å². The maximum absolute atomic E-state index is 13.0. The summed E-state index contributed by atoms with van der Waals surface area (Å²) >= 11 is 0. The van der Waals surface area contributed by atoms with E-state index in [1.54, 1.807) is 48.5 Å². The molecule has 0 bridgehead atoms. The number of carboxylic acids is 1. The number of benzene rings is 4. The van der Waals surface area contributed by atoms with E-state index in [1.165, 1.54) is 0 Å². The van der Waals surface area contributed by atoms with Gasteiger partial charge in [-0.05, 0) is 88.2 Å². The topological polar surface area (TPSA) is 83.8 Å². The normalized spacial score (nSPS) is 17.7. The molecule has 4 aromatic rings. The molecule has 0 spiro atoms. The van der Waals surface area contributed by atoms with Gasteiger partial charge in [-0.3, -0.25) is 0 Å². The highest BCUT2D eigenvalue weighted by molar-refractivity contribution is 5.91. The van der Waals surface area contributed by atoms with Crippen molar-refractivity contribution in [2.24, 2.45) is 0 Å². The fourth-order valence-electron chi connectivity index (χ4n) is 6.17. The Balaban J connectivity index is 1.33. The Bertz CT molecular complexity index is 1580. The second-order valence-corrected chi connectivity index (χ2v) is 12.1. The molecule has 4 aromatic carbocycles. The first-order valence-corrected chi connectivity index (χ1v) is 13.4. The number of phenols is 1. The number of aromatic hydroxyl groups is 1. The number of carbonyl (C=O) groups excluding carboxylic acids is 1. The predicted octanol–water partition coefficient (Wildman–Crippen LogP) is 7.62. The summed E-state index contributed by atoms with van der Waals surface area (Å²) < 4.78 is 5.68. The molecule has 5 nitrogen and oxygen atoms in total. The SMILES string of the molecule is CC1(C)CC(C)(c2ccc(C(=O)Oc3ccc(C(C)(C)c4ccc(O)cc4)cc3)cc2)c2ccc(C(=O)O)cc21. The van der Waals surface area contributed by atoms with Crippen LogP contribution in [0.15, 0.2) is 91.0 Å². The average Bonchev–Trinajstić information content (AvgIpc) is 3.14. The number of hydrogen-bond acceptors (Lipinski definition) is 4. The summed E-state index contributed by atoms with van der Waals surface area (Å²) in [5.41, 5.74) is 5.35. The van der Waals surface area contributed by atoms with Crippen molar-refractivity contribution < 1.29 is 24.5 Å². The molecule has 0 heterocycles. The van der Waals surface area contributed by atoms with Crippen LogP contribution in [0.1, 0.15) is 89.6 Å². The summed E-state index contributed by atoms with van der Waals surface area (Å²) in [6, 6.07) is 27.6. The Labute approximate surface area is 235 Å². The Hall–Kier alpha value is -4.38. The predicted molar refractivity (Wildman–Crippen MR) is 156 cm³/mol. The summed E-state index contributed by atoms with van der Waals surface area (Å²) in [5.74, 6) is -0.659. The number of aromatic carboxylic acids is 1. The molecule has 0 radical (unpaired) electrons. The van der Waals surface area contributed by atoms with Crippen LogP contribution >= 0.6 is 0 Å². The number of carboxylic acid groups (broad SMARTS) is 1. The summed E-state index contributed by atoms with van der Waals surface area (Å²) in [4.78, 5) is 24.5. The molecule has 0 aromatic heterocycles. The zero-order chi connectivity index (χ0) is 28.9. The minimum Gasteiger partial charge on any atom is -0.508 e. The van der Waals surface area contributed by atoms with Gasteiger partial charge in [0.1, 0.15) is 11.5 Å². The van der Waals surface area contributed by atoms with Crippen LogP contribution in [0.4, 0.5) is 0 Å². The Kier molecular flexibility index (Phi) is 6.57. The monoisotopic (exact) mass is 534 g/mol. The van der Waals surface area contributed by atoms with E-state index in [2.05, 4.69) is 34.6 Å². The van der Waals surface area contributed by atoms with Crippen molar-refractivity contribution in [3.05, 3.63) is 130 Å². The van der Waals surface area contributed by atoms with Crippen LogP contribution in [0.5, 0.6) is 11.5 Å². The maximum atomic E-state index is 13.0. The molecular formula is C35H34O5. The van der Waals surface area contributed by atoms with E-state index in [4.69, 9.17) is 4.74 Å². The zero-order valence-corrected chi connectivity index (χ0v) is 23.5. The van der Waals surface area contributed by atoms with Crippen LogP contribution in [-0.4, -0.2) is 22.2 Å². The molecule has 0 fully saturated rings. The van der Waals surface area contributed by atoms with Gasteiger partial charge in [-0.25, -0.2) is 9.59 Å². The third kappa shape index (κ3) is 4.77. The smallest absolute Gasteiger partial charge is 0.343 e. The largest absolute Gasteiger partial charge is 0.508 e. The molecule has 0 amide bonds. The highest BCUT2D eigenvalue weighted by Crippen LogP contribution is 2.53. The van der Waals surface area contributed by atoms with Crippen LogP contribution in [0, 0.1) is 0 Å². The highest BCUT2D eigenvalue weighted by Gasteiger charge is 2.46. The second-order valence-electron chi connectivity index (χ2n) is 12.1. The molecule has 0 aliphatic heterocycles. The lowest BCUT2D eigenvalue weighted by atomic mass is 9.75. The molecular weight excluding hydrogens is 500 g/mol. The molecule has 5 heteroatoms. The number of esters is 1. The Morgan fingerprint density at radius 2 is 1.30 bits per heavy atom. The number of rotatable bonds is 6. The van der Waals surface area contributed by atoms with E-state index in [0.29, 0.717) is 16.9 Å². The van der Waals surface area contributed by atoms with E-state index in [9.17, 15) is 19.8 Å². The van der Waals surface area contributed by atoms with Crippen molar-refractivity contribution >= 4 is 11.9 Å². The van der Waals surface area contributed by atoms with Crippen LogP contribution in [0.25, 0.3) is 0 Å². The van der Waals surface area contributed by atoms with Crippen LogP contribution in [0.2, 0.25) is 0 Å². The van der Waals surface area contributed by atoms with Gasteiger partial charge in [-0.15, -0.1) is 0 Å². The van der Waals surface area contributed by atoms with Crippen molar-refractivity contribution in [1.82, 2.24) is 0 Å². The van der Waals surface area contributed by atoms with E-state index < -0.39 is 11.9 Å². The minimum atomic E-state index is -0.925. The lowest BCUT2D eigenvalue weighted by Gasteiger charge is -2.28. The fourth-order valence-corrected chi connectivity index (χ4v) is 6.17. The number of phenolic OH excluding ortho intramolecular Hbond substituents is 1. The third-order valence-electron chi connectivity index (χ3n) is 8.52. The molecule has 40 heavy (non-hydrogen) atoms. The third-order valence-corrected chi connectivity index (χ3v) is 8.52. The first kappa shape index (κ1) is 27.2. The Morgan fingerprint density at radius 1 is 0.750 bits per heavy atom. The molecule has 1 aliphatic rings. The van der Waals surface area contributed by atoms with Gasteiger partial charge in [0, 0.05) is 10.8 Å². The summed E-state index contributed by atoms with van der Waals surface area (Å²) in [7, 11) is 0. The molecule has 1 aliphatic carbocycles. The van der Waals surface area contributed by atoms with Gasteiger partial charge in [0.05, 0.1) is 11.1 Å². The van der Waals surface area contributed by atoms with Gasteiger partial charge >= 0.3 is 11.9 Å². The number of carbonyl (C=O) groups is 2. The molecule has 0 saturated heterocycles. The van der Waals surface area contributed by atoms with Crippen LogP contribution < -0.4 is 4.74 Å². The fraction of sp³-hybridized carbons (Fsp3) is 0.257. The standard InChI is InChI=1S/C35H34O5/c1-33(2)21-35(5,29-19-8-23(31(37)38)20-30(29)33)26-9-6-22(7-10-26)32(39)40-28-17-13-25(14-18-28)34(3,4)24-11-15-27(36)16-12-24/h6-20,36H,21H2,1-5H3,(H,37,38). The molecule has 1 atom stereocenters. The highest BCUT2D eigenvalue weighted by atomic mass is 16.5. The van der Waals surface area contributed by atoms with Gasteiger partial charge in [0.2, 0.25) is 0 Å². The van der Waals surface area contributed by atoms with Gasteiger partial charge in [-0.1, -0.05) is 77.1 Å². The number of hydrogen-bond donors (Lipinski definition) is 2. The lowest BCUT2D eigenvalue weighted by Crippen LogP contribution is -2.23. The molecule has 2 N–H and O–H groups in total. The van der Waals surface area contributed by atoms with Crippen LogP contribution in [0.3, 0.4) is 0 Å². The van der Waals surface area contributed by atoms with Gasteiger partial charge in [-0.2, -0.15) is 0 Å². The van der Waals surface area contributed by atoms with Crippen molar-refractivity contribution in [1.29, 1.82) is 0 Å². The molecule has 0 saturated carbocycles. The van der Waals surface area contributed by atoms with E-state index in [0.717, 1.165) is 34.2 Å². The molecule has 204 valence electrons. The summed E-state index contributed by atoms with van der Waals surface area (Å²) in [6.45, 7) is 10.7. The van der Waals surface area contributed by atoms with E-state index in [-0.39, 0.29) is 22.0 Å². The van der Waals surface area contributed by atoms with Gasteiger partial charge in [0.25, 0.3) is 0 Å². The lowest BCUT2D eigenvalue weighted by molar-refractivity contribution is 0.0694. The zero-order valence-electron chi connectivity index (χ0n) is 23.5. The first-order chi connectivity index (χ1) is 18.8. The van der Waals surface area contributed by atoms with Gasteiger partial charge in [0.15, 0.2) is 0 Å². The van der Waals surface area contributed by atoms with Crippen molar-refractivity contribution in [3.8, 4) is 11.5 Å². The first-order valence-electron chi connectivity index (χ1n) is 13.4.